The van der Waals surface area contributed by atoms with Crippen LogP contribution in [-0.2, 0) is 0 Å². The molecule has 1 fully saturated rings. The van der Waals surface area contributed by atoms with Gasteiger partial charge in [-0.25, -0.2) is 4.98 Å². The zero-order chi connectivity index (χ0) is 13.1. The van der Waals surface area contributed by atoms with Crippen molar-refractivity contribution in [1.29, 1.82) is 0 Å². The lowest BCUT2D eigenvalue weighted by molar-refractivity contribution is 0.272. The second-order valence-electron chi connectivity index (χ2n) is 4.62. The molecule has 0 unspecified atom stereocenters. The van der Waals surface area contributed by atoms with Gasteiger partial charge in [0.15, 0.2) is 0 Å². The third-order valence-electron chi connectivity index (χ3n) is 3.41. The van der Waals surface area contributed by atoms with Crippen LogP contribution in [0.25, 0.3) is 11.0 Å². The summed E-state index contributed by atoms with van der Waals surface area (Å²) in [6, 6.07) is 7.85. The van der Waals surface area contributed by atoms with E-state index in [2.05, 4.69) is 40.9 Å². The van der Waals surface area contributed by atoms with Crippen LogP contribution < -0.4 is 4.90 Å². The summed E-state index contributed by atoms with van der Waals surface area (Å²) in [6.45, 7) is 5.15. The van der Waals surface area contributed by atoms with Crippen molar-refractivity contribution in [3.63, 3.8) is 0 Å². The number of hydrogen-bond acceptors (Lipinski definition) is 5. The molecule has 1 aliphatic heterocycles. The van der Waals surface area contributed by atoms with Gasteiger partial charge in [-0.05, 0) is 12.1 Å². The van der Waals surface area contributed by atoms with E-state index in [0.717, 1.165) is 55.0 Å². The zero-order valence-corrected chi connectivity index (χ0v) is 12.3. The summed E-state index contributed by atoms with van der Waals surface area (Å²) in [5.74, 6) is 0.747. The molecule has 3 rings (SSSR count). The van der Waals surface area contributed by atoms with Crippen LogP contribution in [-0.4, -0.2) is 58.1 Å². The van der Waals surface area contributed by atoms with Crippen LogP contribution >= 0.6 is 15.9 Å². The molecule has 2 aromatic rings. The molecule has 5 nitrogen and oxygen atoms in total. The molecule has 0 aliphatic carbocycles. The van der Waals surface area contributed by atoms with E-state index in [1.54, 1.807) is 0 Å². The number of nitrogens with zero attached hydrogens (tertiary/aromatic N) is 5. The fourth-order valence-electron chi connectivity index (χ4n) is 2.30. The smallest absolute Gasteiger partial charge is 0.246 e. The molecule has 0 bridgehead atoms. The van der Waals surface area contributed by atoms with Crippen LogP contribution in [0.1, 0.15) is 0 Å². The SMILES string of the molecule is BrCCN1CCN(c2nnc3ccccc3n2)CC1. The van der Waals surface area contributed by atoms with E-state index in [4.69, 9.17) is 0 Å². The van der Waals surface area contributed by atoms with Gasteiger partial charge in [-0.1, -0.05) is 28.1 Å². The van der Waals surface area contributed by atoms with Crippen molar-refractivity contribution >= 4 is 32.9 Å². The van der Waals surface area contributed by atoms with Crippen molar-refractivity contribution in [3.05, 3.63) is 24.3 Å². The van der Waals surface area contributed by atoms with E-state index < -0.39 is 0 Å². The fourth-order valence-corrected chi connectivity index (χ4v) is 2.80. The van der Waals surface area contributed by atoms with Crippen LogP contribution in [0.2, 0.25) is 0 Å². The molecule has 2 heterocycles. The van der Waals surface area contributed by atoms with Crippen molar-refractivity contribution in [1.82, 2.24) is 20.1 Å². The Bertz CT molecular complexity index is 553. The number of piperazine rings is 1. The summed E-state index contributed by atoms with van der Waals surface area (Å²) >= 11 is 3.48. The van der Waals surface area contributed by atoms with Crippen molar-refractivity contribution in [2.45, 2.75) is 0 Å². The number of rotatable bonds is 3. The van der Waals surface area contributed by atoms with E-state index in [1.807, 2.05) is 24.3 Å². The Hall–Kier alpha value is -1.27. The van der Waals surface area contributed by atoms with Gasteiger partial charge in [-0.2, -0.15) is 0 Å². The van der Waals surface area contributed by atoms with Crippen molar-refractivity contribution < 1.29 is 0 Å². The van der Waals surface area contributed by atoms with Crippen molar-refractivity contribution in [3.8, 4) is 0 Å². The Balaban J connectivity index is 1.74. The number of halogens is 1. The van der Waals surface area contributed by atoms with Gasteiger partial charge in [0.25, 0.3) is 0 Å². The second kappa shape index (κ2) is 5.79. The van der Waals surface area contributed by atoms with E-state index in [9.17, 15) is 0 Å². The normalized spacial score (nSPS) is 17.0. The first-order chi connectivity index (χ1) is 9.36. The maximum Gasteiger partial charge on any atom is 0.246 e. The Morgan fingerprint density at radius 2 is 1.74 bits per heavy atom. The number of benzene rings is 1. The topological polar surface area (TPSA) is 45.2 Å². The minimum Gasteiger partial charge on any atom is -0.337 e. The first-order valence-electron chi connectivity index (χ1n) is 6.49. The molecular formula is C13H16BrN5. The van der Waals surface area contributed by atoms with Crippen LogP contribution in [0.15, 0.2) is 24.3 Å². The molecule has 0 saturated carbocycles. The number of anilines is 1. The standard InChI is InChI=1S/C13H16BrN5/c14-5-6-18-7-9-19(10-8-18)13-15-11-3-1-2-4-12(11)16-17-13/h1-4H,5-10H2. The first kappa shape index (κ1) is 12.7. The third-order valence-corrected chi connectivity index (χ3v) is 3.76. The average Bonchev–Trinajstić information content (AvgIpc) is 2.48. The van der Waals surface area contributed by atoms with Crippen LogP contribution in [0.3, 0.4) is 0 Å². The molecule has 1 aromatic carbocycles. The van der Waals surface area contributed by atoms with E-state index >= 15 is 0 Å². The molecule has 19 heavy (non-hydrogen) atoms. The molecule has 0 amide bonds. The van der Waals surface area contributed by atoms with Crippen LogP contribution in [0.4, 0.5) is 5.95 Å². The number of fused-ring (bicyclic) bond motifs is 1. The Labute approximate surface area is 120 Å². The minimum absolute atomic E-state index is 0.747. The second-order valence-corrected chi connectivity index (χ2v) is 5.41. The summed E-state index contributed by atoms with van der Waals surface area (Å²) < 4.78 is 0. The number of hydrogen-bond donors (Lipinski definition) is 0. The van der Waals surface area contributed by atoms with E-state index in [1.165, 1.54) is 0 Å². The Morgan fingerprint density at radius 1 is 1.00 bits per heavy atom. The highest BCUT2D eigenvalue weighted by Gasteiger charge is 2.18. The molecule has 0 N–H and O–H groups in total. The summed E-state index contributed by atoms with van der Waals surface area (Å²) in [4.78, 5) is 9.25. The Morgan fingerprint density at radius 3 is 2.47 bits per heavy atom. The minimum atomic E-state index is 0.747. The maximum atomic E-state index is 4.59. The highest BCUT2D eigenvalue weighted by Crippen LogP contribution is 2.14. The molecule has 1 aliphatic rings. The lowest BCUT2D eigenvalue weighted by atomic mass is 10.3. The predicted octanol–water partition coefficient (Wildman–Crippen LogP) is 1.54. The number of alkyl halides is 1. The predicted molar refractivity (Wildman–Crippen MR) is 79.8 cm³/mol. The first-order valence-corrected chi connectivity index (χ1v) is 7.62. The summed E-state index contributed by atoms with van der Waals surface area (Å²) in [5.41, 5.74) is 1.76. The van der Waals surface area contributed by atoms with Gasteiger partial charge in [-0.15, -0.1) is 10.2 Å². The molecule has 0 spiro atoms. The monoisotopic (exact) mass is 321 g/mol. The van der Waals surface area contributed by atoms with Crippen molar-refractivity contribution in [2.75, 3.05) is 43.0 Å². The summed E-state index contributed by atoms with van der Waals surface area (Å²) in [6.07, 6.45) is 0. The molecular weight excluding hydrogens is 306 g/mol. The average molecular weight is 322 g/mol. The van der Waals surface area contributed by atoms with Gasteiger partial charge >= 0.3 is 0 Å². The highest BCUT2D eigenvalue weighted by atomic mass is 79.9. The van der Waals surface area contributed by atoms with Gasteiger partial charge in [0, 0.05) is 38.1 Å². The summed E-state index contributed by atoms with van der Waals surface area (Å²) in [7, 11) is 0. The quantitative estimate of drug-likeness (QED) is 0.802. The number of para-hydroxylation sites is 1. The third kappa shape index (κ3) is 2.84. The lowest BCUT2D eigenvalue weighted by Gasteiger charge is -2.34. The molecule has 1 saturated heterocycles. The van der Waals surface area contributed by atoms with Gasteiger partial charge in [0.2, 0.25) is 5.95 Å². The number of aromatic nitrogens is 3. The van der Waals surface area contributed by atoms with Crippen LogP contribution in [0.5, 0.6) is 0 Å². The van der Waals surface area contributed by atoms with Crippen LogP contribution in [0, 0.1) is 0 Å². The lowest BCUT2D eigenvalue weighted by Crippen LogP contribution is -2.47. The van der Waals surface area contributed by atoms with Gasteiger partial charge in [-0.3, -0.25) is 4.90 Å². The van der Waals surface area contributed by atoms with Crippen molar-refractivity contribution in [2.24, 2.45) is 0 Å². The molecule has 1 aromatic heterocycles. The molecule has 6 heteroatoms. The van der Waals surface area contributed by atoms with Gasteiger partial charge < -0.3 is 4.90 Å². The highest BCUT2D eigenvalue weighted by molar-refractivity contribution is 9.09. The molecule has 100 valence electrons. The molecule has 0 atom stereocenters. The fraction of sp³-hybridized carbons (Fsp3) is 0.462. The summed E-state index contributed by atoms with van der Waals surface area (Å²) in [5, 5.41) is 9.50. The van der Waals surface area contributed by atoms with E-state index in [0.29, 0.717) is 0 Å². The molecule has 0 radical (unpaired) electrons. The largest absolute Gasteiger partial charge is 0.337 e. The van der Waals surface area contributed by atoms with E-state index in [-0.39, 0.29) is 0 Å². The zero-order valence-electron chi connectivity index (χ0n) is 10.7. The Kier molecular flexibility index (Phi) is 3.89. The van der Waals surface area contributed by atoms with Gasteiger partial charge in [0.05, 0.1) is 5.52 Å². The maximum absolute atomic E-state index is 4.59. The van der Waals surface area contributed by atoms with Gasteiger partial charge in [0.1, 0.15) is 5.52 Å².